The molecule has 0 aromatic rings. The van der Waals surface area contributed by atoms with Gasteiger partial charge in [-0.1, -0.05) is 38.5 Å². The number of hydrogen-bond acceptors (Lipinski definition) is 6. The van der Waals surface area contributed by atoms with Crippen molar-refractivity contribution in [3.8, 4) is 0 Å². The van der Waals surface area contributed by atoms with Crippen LogP contribution in [0.2, 0.25) is 0 Å². The third-order valence-electron chi connectivity index (χ3n) is 7.79. The number of hydrogen-bond donors (Lipinski definition) is 3. The van der Waals surface area contributed by atoms with Crippen LogP contribution in [0, 0.1) is 11.8 Å². The maximum absolute atomic E-state index is 12.9. The summed E-state index contributed by atoms with van der Waals surface area (Å²) in [6.45, 7) is 7.19. The minimum atomic E-state index is -1.11. The van der Waals surface area contributed by atoms with E-state index in [0.29, 0.717) is 25.0 Å². The molecule has 0 spiro atoms. The molecule has 0 radical (unpaired) electrons. The Kier molecular flexibility index (Phi) is 14.1. The molecule has 3 N–H and O–H groups in total. The molecule has 10 nitrogen and oxygen atoms in total. The lowest BCUT2D eigenvalue weighted by atomic mass is 9.88. The number of nitrogens with zero attached hydrogens (tertiary/aromatic N) is 1. The van der Waals surface area contributed by atoms with Gasteiger partial charge in [-0.3, -0.25) is 19.2 Å². The molecule has 4 amide bonds. The van der Waals surface area contributed by atoms with Crippen LogP contribution >= 0.6 is 0 Å². The largest absolute Gasteiger partial charge is 0.376 e. The summed E-state index contributed by atoms with van der Waals surface area (Å²) in [5.74, 6) is -0.519. The zero-order valence-electron chi connectivity index (χ0n) is 24.1. The van der Waals surface area contributed by atoms with Crippen LogP contribution in [0.15, 0.2) is 0 Å². The van der Waals surface area contributed by atoms with Gasteiger partial charge in [0.2, 0.25) is 23.6 Å². The second-order valence-electron chi connectivity index (χ2n) is 11.0. The SMILES string of the molecule is CNC(=O)C(NC(C)=O)C(OCC(NC(C)=O)C(C)OCC1CCCCC1)N(CC1CCCCC1)C(C)=O. The first-order chi connectivity index (χ1) is 18.1. The highest BCUT2D eigenvalue weighted by Gasteiger charge is 2.38. The number of rotatable bonds is 14. The van der Waals surface area contributed by atoms with Gasteiger partial charge in [-0.25, -0.2) is 0 Å². The van der Waals surface area contributed by atoms with Crippen LogP contribution in [0.25, 0.3) is 0 Å². The molecule has 4 atom stereocenters. The fourth-order valence-corrected chi connectivity index (χ4v) is 5.58. The van der Waals surface area contributed by atoms with Crippen LogP contribution in [0.1, 0.15) is 91.9 Å². The van der Waals surface area contributed by atoms with Crippen LogP contribution in [0.5, 0.6) is 0 Å². The molecule has 218 valence electrons. The topological polar surface area (TPSA) is 126 Å². The Morgan fingerprint density at radius 2 is 1.37 bits per heavy atom. The number of carbonyl (C=O) groups is 4. The first-order valence-electron chi connectivity index (χ1n) is 14.4. The summed E-state index contributed by atoms with van der Waals surface area (Å²) in [4.78, 5) is 51.5. The van der Waals surface area contributed by atoms with Crippen LogP contribution in [0.3, 0.4) is 0 Å². The van der Waals surface area contributed by atoms with Crippen molar-refractivity contribution >= 4 is 23.6 Å². The standard InChI is InChI=1S/C28H50N4O6/c1-19(37-17-24-14-10-7-11-15-24)25(30-20(2)33)18-38-28(26(27(36)29-5)31-21(3)34)32(22(4)35)16-23-12-8-6-9-13-23/h19,23-26,28H,6-18H2,1-5H3,(H,29,36)(H,30,33)(H,31,34). The van der Waals surface area contributed by atoms with Crippen LogP contribution in [-0.4, -0.2) is 79.8 Å². The Hall–Kier alpha value is -2.20. The van der Waals surface area contributed by atoms with E-state index in [0.717, 1.165) is 38.5 Å². The van der Waals surface area contributed by atoms with Gasteiger partial charge in [-0.05, 0) is 44.4 Å². The van der Waals surface area contributed by atoms with Crippen molar-refractivity contribution in [2.75, 3.05) is 26.8 Å². The van der Waals surface area contributed by atoms with Gasteiger partial charge < -0.3 is 30.3 Å². The molecular weight excluding hydrogens is 488 g/mol. The molecular formula is C28H50N4O6. The van der Waals surface area contributed by atoms with E-state index in [1.165, 1.54) is 53.5 Å². The fourth-order valence-electron chi connectivity index (χ4n) is 5.58. The van der Waals surface area contributed by atoms with Crippen LogP contribution < -0.4 is 16.0 Å². The summed E-state index contributed by atoms with van der Waals surface area (Å²) in [6, 6.07) is -1.61. The number of carbonyl (C=O) groups excluding carboxylic acids is 4. The van der Waals surface area contributed by atoms with E-state index >= 15 is 0 Å². The van der Waals surface area contributed by atoms with E-state index in [1.807, 2.05) is 6.92 Å². The molecule has 2 fully saturated rings. The Balaban J connectivity index is 2.23. The summed E-state index contributed by atoms with van der Waals surface area (Å²) < 4.78 is 12.5. The third kappa shape index (κ3) is 10.9. The van der Waals surface area contributed by atoms with Crippen molar-refractivity contribution < 1.29 is 28.7 Å². The van der Waals surface area contributed by atoms with Gasteiger partial charge >= 0.3 is 0 Å². The lowest BCUT2D eigenvalue weighted by Gasteiger charge is -2.39. The van der Waals surface area contributed by atoms with Crippen molar-refractivity contribution in [1.82, 2.24) is 20.9 Å². The molecule has 0 saturated heterocycles. The Morgan fingerprint density at radius 1 is 0.816 bits per heavy atom. The van der Waals surface area contributed by atoms with Gasteiger partial charge in [0.25, 0.3) is 0 Å². The molecule has 0 bridgehead atoms. The Morgan fingerprint density at radius 3 is 1.87 bits per heavy atom. The number of ether oxygens (including phenoxy) is 2. The third-order valence-corrected chi connectivity index (χ3v) is 7.79. The normalized spacial score (nSPS) is 20.0. The first kappa shape index (κ1) is 32.0. The van der Waals surface area contributed by atoms with E-state index in [2.05, 4.69) is 16.0 Å². The zero-order valence-corrected chi connectivity index (χ0v) is 24.1. The quantitative estimate of drug-likeness (QED) is 0.292. The monoisotopic (exact) mass is 538 g/mol. The summed E-state index contributed by atoms with van der Waals surface area (Å²) in [5.41, 5.74) is 0. The smallest absolute Gasteiger partial charge is 0.247 e. The number of nitrogens with one attached hydrogen (secondary N) is 3. The summed E-state index contributed by atoms with van der Waals surface area (Å²) in [5, 5.41) is 8.17. The summed E-state index contributed by atoms with van der Waals surface area (Å²) in [7, 11) is 1.48. The van der Waals surface area contributed by atoms with Crippen LogP contribution in [-0.2, 0) is 28.7 Å². The molecule has 2 rings (SSSR count). The minimum absolute atomic E-state index is 0.0115. The van der Waals surface area contributed by atoms with Crippen molar-refractivity contribution in [1.29, 1.82) is 0 Å². The maximum atomic E-state index is 12.9. The number of likely N-dealkylation sites (N-methyl/N-ethyl adjacent to an activating group) is 1. The summed E-state index contributed by atoms with van der Waals surface area (Å²) >= 11 is 0. The van der Waals surface area contributed by atoms with Gasteiger partial charge in [0.15, 0.2) is 12.3 Å². The second-order valence-corrected chi connectivity index (χ2v) is 11.0. The molecule has 0 aliphatic heterocycles. The highest BCUT2D eigenvalue weighted by Crippen LogP contribution is 2.27. The molecule has 2 saturated carbocycles. The molecule has 38 heavy (non-hydrogen) atoms. The van der Waals surface area contributed by atoms with Gasteiger partial charge in [-0.15, -0.1) is 0 Å². The van der Waals surface area contributed by atoms with Gasteiger partial charge in [0.1, 0.15) is 0 Å². The minimum Gasteiger partial charge on any atom is -0.376 e. The maximum Gasteiger partial charge on any atom is 0.247 e. The first-order valence-corrected chi connectivity index (χ1v) is 14.4. The predicted octanol–water partition coefficient (Wildman–Crippen LogP) is 2.50. The predicted molar refractivity (Wildman–Crippen MR) is 145 cm³/mol. The zero-order chi connectivity index (χ0) is 28.1. The van der Waals surface area contributed by atoms with Gasteiger partial charge in [0, 0.05) is 41.0 Å². The molecule has 0 heterocycles. The summed E-state index contributed by atoms with van der Waals surface area (Å²) in [6.07, 6.45) is 10.0. The van der Waals surface area contributed by atoms with Gasteiger partial charge in [-0.2, -0.15) is 0 Å². The van der Waals surface area contributed by atoms with Crippen molar-refractivity contribution in [2.24, 2.45) is 11.8 Å². The molecule has 4 unspecified atom stereocenters. The Bertz CT molecular complexity index is 766. The van der Waals surface area contributed by atoms with E-state index in [9.17, 15) is 19.2 Å². The second kappa shape index (κ2) is 16.7. The highest BCUT2D eigenvalue weighted by molar-refractivity contribution is 5.88. The van der Waals surface area contributed by atoms with Crippen molar-refractivity contribution in [2.45, 2.75) is 116 Å². The molecule has 2 aliphatic carbocycles. The van der Waals surface area contributed by atoms with Crippen LogP contribution in [0.4, 0.5) is 0 Å². The fraction of sp³-hybridized carbons (Fsp3) is 0.857. The lowest BCUT2D eigenvalue weighted by Crippen LogP contribution is -2.61. The lowest BCUT2D eigenvalue weighted by molar-refractivity contribution is -0.159. The molecule has 0 aromatic heterocycles. The van der Waals surface area contributed by atoms with Gasteiger partial charge in [0.05, 0.1) is 18.8 Å². The van der Waals surface area contributed by atoms with E-state index < -0.39 is 30.1 Å². The average Bonchev–Trinajstić information content (AvgIpc) is 2.89. The van der Waals surface area contributed by atoms with E-state index in [1.54, 1.807) is 4.90 Å². The Labute approximate surface area is 228 Å². The highest BCUT2D eigenvalue weighted by atomic mass is 16.5. The van der Waals surface area contributed by atoms with E-state index in [4.69, 9.17) is 9.47 Å². The van der Waals surface area contributed by atoms with Crippen molar-refractivity contribution in [3.05, 3.63) is 0 Å². The van der Waals surface area contributed by atoms with E-state index in [-0.39, 0.29) is 24.5 Å². The van der Waals surface area contributed by atoms with Crippen molar-refractivity contribution in [3.63, 3.8) is 0 Å². The number of amides is 4. The molecule has 0 aromatic carbocycles. The molecule has 2 aliphatic rings. The average molecular weight is 539 g/mol. The molecule has 10 heteroatoms.